The van der Waals surface area contributed by atoms with Crippen molar-refractivity contribution in [2.45, 2.75) is 12.5 Å². The third-order valence-corrected chi connectivity index (χ3v) is 4.74. The molecule has 0 aliphatic carbocycles. The van der Waals surface area contributed by atoms with Gasteiger partial charge in [-0.1, -0.05) is 0 Å². The molecule has 0 radical (unpaired) electrons. The van der Waals surface area contributed by atoms with Gasteiger partial charge in [-0.15, -0.1) is 11.8 Å². The number of nitrogens with zero attached hydrogens (tertiary/aromatic N) is 2. The number of pyridine rings is 1. The summed E-state index contributed by atoms with van der Waals surface area (Å²) in [6, 6.07) is 1.48. The smallest absolute Gasteiger partial charge is 0.332 e. The fraction of sp³-hybridized carbons (Fsp3) is 0.500. The molecule has 0 bridgehead atoms. The molecule has 1 aromatic heterocycles. The summed E-state index contributed by atoms with van der Waals surface area (Å²) in [7, 11) is 0. The van der Waals surface area contributed by atoms with Crippen LogP contribution in [-0.4, -0.2) is 81.6 Å². The second-order valence-electron chi connectivity index (χ2n) is 5.70. The van der Waals surface area contributed by atoms with Crippen molar-refractivity contribution in [3.63, 3.8) is 0 Å². The lowest BCUT2D eigenvalue weighted by atomic mass is 10.1. The minimum Gasteiger partial charge on any atom is -0.503 e. The molecule has 0 fully saturated rings. The first-order valence-corrected chi connectivity index (χ1v) is 8.96. The van der Waals surface area contributed by atoms with E-state index in [1.165, 1.54) is 30.9 Å². The highest BCUT2D eigenvalue weighted by Crippen LogP contribution is 2.36. The number of carbonyl (C=O) groups is 2. The van der Waals surface area contributed by atoms with Crippen molar-refractivity contribution in [2.75, 3.05) is 38.8 Å². The first kappa shape index (κ1) is 20.9. The summed E-state index contributed by atoms with van der Waals surface area (Å²) in [5.74, 6) is -1.87. The maximum absolute atomic E-state index is 11.3. The van der Waals surface area contributed by atoms with Crippen LogP contribution in [0.5, 0.6) is 11.5 Å². The van der Waals surface area contributed by atoms with E-state index >= 15 is 0 Å². The Morgan fingerprint density at radius 3 is 2.59 bits per heavy atom. The summed E-state index contributed by atoms with van der Waals surface area (Å²) in [4.78, 5) is 29.8. The number of rotatable bonds is 11. The number of carboxylic acid groups (broad SMARTS) is 2. The van der Waals surface area contributed by atoms with Gasteiger partial charge in [0, 0.05) is 18.0 Å². The van der Waals surface area contributed by atoms with Crippen LogP contribution in [0.2, 0.25) is 0 Å². The Kier molecular flexibility index (Phi) is 7.39. The minimum absolute atomic E-state index is 0.141. The standard InChI is InChI=1S/C16H20N2O8S/c1-16(15(22)23)9-27-14(18-16)12-13(21)10(2-3-17-12)26-7-6-24-4-5-25-8-11(19)20/h2-3,21H,4-9H2,1H3,(H,19,20)(H,22,23)/t16-/m1/s1. The van der Waals surface area contributed by atoms with Gasteiger partial charge in [-0.25, -0.2) is 14.6 Å². The number of carboxylic acids is 2. The van der Waals surface area contributed by atoms with Crippen molar-refractivity contribution in [2.24, 2.45) is 4.99 Å². The molecule has 1 aliphatic heterocycles. The molecule has 0 unspecified atom stereocenters. The zero-order valence-electron chi connectivity index (χ0n) is 14.6. The first-order chi connectivity index (χ1) is 12.8. The van der Waals surface area contributed by atoms with Crippen LogP contribution < -0.4 is 4.74 Å². The van der Waals surface area contributed by atoms with Crippen LogP contribution in [0, 0.1) is 0 Å². The average molecular weight is 400 g/mol. The Morgan fingerprint density at radius 2 is 1.93 bits per heavy atom. The average Bonchev–Trinajstić information content (AvgIpc) is 3.02. The molecule has 1 atom stereocenters. The van der Waals surface area contributed by atoms with Gasteiger partial charge < -0.3 is 29.5 Å². The van der Waals surface area contributed by atoms with Gasteiger partial charge in [0.1, 0.15) is 24.0 Å². The normalized spacial score (nSPS) is 18.9. The number of ether oxygens (including phenoxy) is 3. The molecule has 3 N–H and O–H groups in total. The zero-order chi connectivity index (χ0) is 19.9. The van der Waals surface area contributed by atoms with E-state index in [-0.39, 0.29) is 56.0 Å². The summed E-state index contributed by atoms with van der Waals surface area (Å²) in [5.41, 5.74) is -1.08. The predicted molar refractivity (Wildman–Crippen MR) is 95.7 cm³/mol. The van der Waals surface area contributed by atoms with Crippen molar-refractivity contribution in [3.05, 3.63) is 18.0 Å². The zero-order valence-corrected chi connectivity index (χ0v) is 15.4. The van der Waals surface area contributed by atoms with Crippen molar-refractivity contribution in [3.8, 4) is 11.5 Å². The van der Waals surface area contributed by atoms with Crippen molar-refractivity contribution in [1.29, 1.82) is 0 Å². The largest absolute Gasteiger partial charge is 0.503 e. The second-order valence-corrected chi connectivity index (χ2v) is 6.66. The fourth-order valence-electron chi connectivity index (χ4n) is 2.03. The molecule has 0 saturated carbocycles. The van der Waals surface area contributed by atoms with Crippen LogP contribution in [-0.2, 0) is 19.1 Å². The van der Waals surface area contributed by atoms with Crippen LogP contribution in [0.3, 0.4) is 0 Å². The molecule has 0 amide bonds. The minimum atomic E-state index is -1.25. The SMILES string of the molecule is C[C@]1(C(=O)O)CSC(c2nccc(OCCOCCOCC(=O)O)c2O)=N1. The van der Waals surface area contributed by atoms with E-state index in [0.717, 1.165) is 0 Å². The van der Waals surface area contributed by atoms with Crippen LogP contribution in [0.25, 0.3) is 0 Å². The Hall–Kier alpha value is -2.37. The molecule has 0 aromatic carbocycles. The first-order valence-electron chi connectivity index (χ1n) is 7.98. The highest BCUT2D eigenvalue weighted by Gasteiger charge is 2.39. The second kappa shape index (κ2) is 9.53. The van der Waals surface area contributed by atoms with Crippen LogP contribution in [0.1, 0.15) is 12.6 Å². The van der Waals surface area contributed by atoms with E-state index in [1.807, 2.05) is 0 Å². The van der Waals surface area contributed by atoms with E-state index in [9.17, 15) is 19.8 Å². The molecule has 2 heterocycles. The quantitative estimate of drug-likeness (QED) is 0.451. The maximum Gasteiger partial charge on any atom is 0.332 e. The Bertz CT molecular complexity index is 726. The summed E-state index contributed by atoms with van der Waals surface area (Å²) in [5, 5.41) is 28.3. The Labute approximate surface area is 159 Å². The highest BCUT2D eigenvalue weighted by molar-refractivity contribution is 8.14. The molecule has 27 heavy (non-hydrogen) atoms. The van der Waals surface area contributed by atoms with Crippen molar-refractivity contribution >= 4 is 28.7 Å². The topological polar surface area (TPSA) is 148 Å². The summed E-state index contributed by atoms with van der Waals surface area (Å²) in [6.45, 7) is 1.84. The van der Waals surface area contributed by atoms with E-state index in [2.05, 4.69) is 9.98 Å². The van der Waals surface area contributed by atoms with Gasteiger partial charge in [0.2, 0.25) is 0 Å². The van der Waals surface area contributed by atoms with Crippen molar-refractivity contribution in [1.82, 2.24) is 4.98 Å². The molecule has 0 saturated heterocycles. The Balaban J connectivity index is 1.85. The lowest BCUT2D eigenvalue weighted by Gasteiger charge is -2.12. The molecule has 1 aromatic rings. The number of aliphatic carboxylic acids is 2. The molecule has 10 nitrogen and oxygen atoms in total. The predicted octanol–water partition coefficient (Wildman–Crippen LogP) is 0.620. The van der Waals surface area contributed by atoms with Crippen LogP contribution in [0.4, 0.5) is 0 Å². The Morgan fingerprint density at radius 1 is 1.22 bits per heavy atom. The summed E-state index contributed by atoms with van der Waals surface area (Å²) >= 11 is 1.21. The number of thioether (sulfide) groups is 1. The maximum atomic E-state index is 11.3. The number of aromatic hydroxyl groups is 1. The third kappa shape index (κ3) is 5.81. The number of hydrogen-bond donors (Lipinski definition) is 3. The van der Waals surface area contributed by atoms with E-state index in [1.54, 1.807) is 0 Å². The molecular formula is C16H20N2O8S. The summed E-state index contributed by atoms with van der Waals surface area (Å²) < 4.78 is 15.5. The molecular weight excluding hydrogens is 380 g/mol. The fourth-order valence-corrected chi connectivity index (χ4v) is 3.19. The van der Waals surface area contributed by atoms with Gasteiger partial charge in [-0.3, -0.25) is 4.99 Å². The monoisotopic (exact) mass is 400 g/mol. The molecule has 11 heteroatoms. The van der Waals surface area contributed by atoms with Gasteiger partial charge in [0.25, 0.3) is 0 Å². The van der Waals surface area contributed by atoms with Gasteiger partial charge in [-0.2, -0.15) is 0 Å². The van der Waals surface area contributed by atoms with Crippen LogP contribution >= 0.6 is 11.8 Å². The lowest BCUT2D eigenvalue weighted by Crippen LogP contribution is -2.33. The third-order valence-electron chi connectivity index (χ3n) is 3.47. The number of aromatic nitrogens is 1. The number of hydrogen-bond acceptors (Lipinski definition) is 9. The molecule has 2 rings (SSSR count). The molecule has 148 valence electrons. The van der Waals surface area contributed by atoms with Gasteiger partial charge in [-0.05, 0) is 6.92 Å². The van der Waals surface area contributed by atoms with Gasteiger partial charge in [0.15, 0.2) is 17.0 Å². The van der Waals surface area contributed by atoms with Crippen LogP contribution in [0.15, 0.2) is 17.3 Å². The molecule has 0 spiro atoms. The van der Waals surface area contributed by atoms with E-state index < -0.39 is 17.5 Å². The lowest BCUT2D eigenvalue weighted by molar-refractivity contribution is -0.143. The van der Waals surface area contributed by atoms with Gasteiger partial charge in [0.05, 0.1) is 19.8 Å². The van der Waals surface area contributed by atoms with E-state index in [0.29, 0.717) is 5.04 Å². The highest BCUT2D eigenvalue weighted by atomic mass is 32.2. The number of aliphatic imine (C=N–C) groups is 1. The molecule has 1 aliphatic rings. The van der Waals surface area contributed by atoms with Gasteiger partial charge >= 0.3 is 11.9 Å². The van der Waals surface area contributed by atoms with Crippen molar-refractivity contribution < 1.29 is 39.1 Å². The summed E-state index contributed by atoms with van der Waals surface area (Å²) in [6.07, 6.45) is 1.44. The van der Waals surface area contributed by atoms with E-state index in [4.69, 9.17) is 19.3 Å².